The summed E-state index contributed by atoms with van der Waals surface area (Å²) < 4.78 is 39.8. The second-order valence-corrected chi connectivity index (χ2v) is 7.19. The summed E-state index contributed by atoms with van der Waals surface area (Å²) in [4.78, 5) is 36.0. The van der Waals surface area contributed by atoms with E-state index in [9.17, 15) is 32.9 Å². The number of nitro benzene ring substituents is 1. The van der Waals surface area contributed by atoms with Gasteiger partial charge >= 0.3 is 6.18 Å². The lowest BCUT2D eigenvalue weighted by molar-refractivity contribution is -0.385. The van der Waals surface area contributed by atoms with Crippen molar-refractivity contribution >= 4 is 17.5 Å². The Hall–Kier alpha value is -2.49. The van der Waals surface area contributed by atoms with Gasteiger partial charge in [0.05, 0.1) is 21.3 Å². The molecule has 26 heavy (non-hydrogen) atoms. The number of benzene rings is 1. The smallest absolute Gasteiger partial charge is 0.297 e. The summed E-state index contributed by atoms with van der Waals surface area (Å²) in [6.45, 7) is 3.13. The molecule has 2 fully saturated rings. The first kappa shape index (κ1) is 18.3. The summed E-state index contributed by atoms with van der Waals surface area (Å²) in [6.07, 6.45) is -4.67. The molecule has 0 radical (unpaired) electrons. The third-order valence-electron chi connectivity index (χ3n) is 5.53. The van der Waals surface area contributed by atoms with Crippen LogP contribution in [0.15, 0.2) is 18.2 Å². The largest absolute Gasteiger partial charge is 0.416 e. The molecule has 2 saturated heterocycles. The number of non-ortho nitro benzene ring substituents is 1. The van der Waals surface area contributed by atoms with Crippen LogP contribution in [0.5, 0.6) is 0 Å². The van der Waals surface area contributed by atoms with E-state index >= 15 is 0 Å². The summed E-state index contributed by atoms with van der Waals surface area (Å²) >= 11 is 0. The van der Waals surface area contributed by atoms with Crippen molar-refractivity contribution in [1.29, 1.82) is 0 Å². The monoisotopic (exact) mass is 371 g/mol. The normalized spacial score (nSPS) is 29.0. The topological polar surface area (TPSA) is 92.5 Å². The third kappa shape index (κ3) is 2.56. The predicted octanol–water partition coefficient (Wildman–Crippen LogP) is 2.10. The van der Waals surface area contributed by atoms with Crippen LogP contribution in [0.1, 0.15) is 25.0 Å². The molecule has 1 aromatic rings. The van der Waals surface area contributed by atoms with E-state index in [-0.39, 0.29) is 25.2 Å². The zero-order chi connectivity index (χ0) is 19.5. The van der Waals surface area contributed by atoms with Gasteiger partial charge in [0.2, 0.25) is 11.8 Å². The minimum atomic E-state index is -4.67. The number of fused-ring (bicyclic) bond motifs is 1. The molecule has 2 unspecified atom stereocenters. The molecule has 2 amide bonds. The number of rotatable bonds is 3. The molecule has 140 valence electrons. The molecular weight excluding hydrogens is 355 g/mol. The fourth-order valence-corrected chi connectivity index (χ4v) is 3.78. The minimum absolute atomic E-state index is 0.0844. The van der Waals surface area contributed by atoms with Gasteiger partial charge in [0, 0.05) is 31.8 Å². The van der Waals surface area contributed by atoms with E-state index in [0.717, 1.165) is 12.1 Å². The number of carbonyl (C=O) groups is 2. The summed E-state index contributed by atoms with van der Waals surface area (Å²) in [7, 11) is 0. The van der Waals surface area contributed by atoms with Crippen LogP contribution in [0, 0.1) is 20.9 Å². The Bertz CT molecular complexity index is 797. The Morgan fingerprint density at radius 2 is 1.73 bits per heavy atom. The summed E-state index contributed by atoms with van der Waals surface area (Å²) in [6, 6.07) is 2.39. The van der Waals surface area contributed by atoms with Crippen molar-refractivity contribution in [1.82, 2.24) is 10.2 Å². The first-order chi connectivity index (χ1) is 11.9. The third-order valence-corrected chi connectivity index (χ3v) is 5.53. The zero-order valence-corrected chi connectivity index (χ0v) is 14.0. The Morgan fingerprint density at radius 1 is 1.19 bits per heavy atom. The van der Waals surface area contributed by atoms with Gasteiger partial charge in [-0.05, 0) is 25.5 Å². The molecule has 1 aromatic carbocycles. The lowest BCUT2D eigenvalue weighted by Crippen LogP contribution is -2.38. The van der Waals surface area contributed by atoms with E-state index < -0.39 is 45.0 Å². The van der Waals surface area contributed by atoms with Gasteiger partial charge in [-0.2, -0.15) is 13.2 Å². The lowest BCUT2D eigenvalue weighted by Gasteiger charge is -2.26. The molecule has 0 aromatic heterocycles. The predicted molar refractivity (Wildman–Crippen MR) is 82.7 cm³/mol. The standard InChI is InChI=1S/C16H16F3N3O4/c1-14-7-21(8-15(14,2)13(24)20-12(14)23)6-9-5-10(22(25)26)3-4-11(9)16(17,18)19/h3-5H,6-8H2,1-2H3,(H,20,23,24). The van der Waals surface area contributed by atoms with Crippen LogP contribution in [0.4, 0.5) is 18.9 Å². The van der Waals surface area contributed by atoms with Crippen molar-refractivity contribution < 1.29 is 27.7 Å². The number of imide groups is 1. The minimum Gasteiger partial charge on any atom is -0.297 e. The van der Waals surface area contributed by atoms with Gasteiger partial charge in [-0.25, -0.2) is 0 Å². The molecule has 0 aliphatic carbocycles. The molecule has 2 aliphatic rings. The molecule has 0 saturated carbocycles. The number of hydrogen-bond donors (Lipinski definition) is 1. The van der Waals surface area contributed by atoms with Gasteiger partial charge in [-0.1, -0.05) is 0 Å². The van der Waals surface area contributed by atoms with E-state index in [0.29, 0.717) is 6.07 Å². The van der Waals surface area contributed by atoms with Crippen molar-refractivity contribution in [2.24, 2.45) is 10.8 Å². The van der Waals surface area contributed by atoms with Gasteiger partial charge in [0.15, 0.2) is 0 Å². The van der Waals surface area contributed by atoms with E-state index in [2.05, 4.69) is 5.32 Å². The quantitative estimate of drug-likeness (QED) is 0.499. The molecule has 10 heteroatoms. The van der Waals surface area contributed by atoms with Gasteiger partial charge in [-0.15, -0.1) is 0 Å². The molecule has 1 N–H and O–H groups in total. The molecule has 3 rings (SSSR count). The second-order valence-electron chi connectivity index (χ2n) is 7.19. The number of amides is 2. The van der Waals surface area contributed by atoms with Crippen molar-refractivity contribution in [2.45, 2.75) is 26.6 Å². The highest BCUT2D eigenvalue weighted by molar-refractivity contribution is 6.10. The Morgan fingerprint density at radius 3 is 2.19 bits per heavy atom. The van der Waals surface area contributed by atoms with Crippen LogP contribution in [-0.2, 0) is 22.3 Å². The summed E-state index contributed by atoms with van der Waals surface area (Å²) in [5.74, 6) is -0.912. The fraction of sp³-hybridized carbons (Fsp3) is 0.500. The van der Waals surface area contributed by atoms with Gasteiger partial charge in [0.25, 0.3) is 5.69 Å². The molecular formula is C16H16F3N3O4. The van der Waals surface area contributed by atoms with Gasteiger partial charge in [-0.3, -0.25) is 29.9 Å². The maximum absolute atomic E-state index is 13.3. The van der Waals surface area contributed by atoms with Crippen LogP contribution < -0.4 is 5.32 Å². The van der Waals surface area contributed by atoms with Crippen LogP contribution in [0.3, 0.4) is 0 Å². The highest BCUT2D eigenvalue weighted by Crippen LogP contribution is 2.50. The van der Waals surface area contributed by atoms with E-state index in [4.69, 9.17) is 0 Å². The van der Waals surface area contributed by atoms with Crippen molar-refractivity contribution in [2.75, 3.05) is 13.1 Å². The first-order valence-corrected chi connectivity index (χ1v) is 7.81. The van der Waals surface area contributed by atoms with Crippen LogP contribution >= 0.6 is 0 Å². The number of nitro groups is 1. The van der Waals surface area contributed by atoms with Crippen molar-refractivity contribution in [3.05, 3.63) is 39.4 Å². The number of nitrogens with zero attached hydrogens (tertiary/aromatic N) is 2. The SMILES string of the molecule is CC12CN(Cc3cc([N+](=O)[O-])ccc3C(F)(F)F)CC1(C)C(=O)NC2=O. The number of carbonyl (C=O) groups excluding carboxylic acids is 2. The Kier molecular flexibility index (Phi) is 3.87. The number of nitrogens with one attached hydrogen (secondary N) is 1. The van der Waals surface area contributed by atoms with Crippen molar-refractivity contribution in [3.63, 3.8) is 0 Å². The fourth-order valence-electron chi connectivity index (χ4n) is 3.78. The van der Waals surface area contributed by atoms with E-state index in [1.54, 1.807) is 18.7 Å². The van der Waals surface area contributed by atoms with Crippen LogP contribution in [0.2, 0.25) is 0 Å². The highest BCUT2D eigenvalue weighted by atomic mass is 19.4. The molecule has 0 spiro atoms. The molecule has 2 heterocycles. The number of likely N-dealkylation sites (tertiary alicyclic amines) is 1. The Balaban J connectivity index is 1.95. The van der Waals surface area contributed by atoms with Gasteiger partial charge < -0.3 is 0 Å². The first-order valence-electron chi connectivity index (χ1n) is 7.81. The lowest BCUT2D eigenvalue weighted by atomic mass is 9.70. The zero-order valence-electron chi connectivity index (χ0n) is 14.0. The number of alkyl halides is 3. The van der Waals surface area contributed by atoms with Crippen LogP contribution in [0.25, 0.3) is 0 Å². The maximum Gasteiger partial charge on any atom is 0.416 e. The van der Waals surface area contributed by atoms with E-state index in [1.165, 1.54) is 0 Å². The molecule has 2 atom stereocenters. The second kappa shape index (κ2) is 5.50. The van der Waals surface area contributed by atoms with Crippen LogP contribution in [-0.4, -0.2) is 34.7 Å². The van der Waals surface area contributed by atoms with E-state index in [1.807, 2.05) is 0 Å². The molecule has 0 bridgehead atoms. The Labute approximate surface area is 146 Å². The van der Waals surface area contributed by atoms with Gasteiger partial charge in [0.1, 0.15) is 0 Å². The average molecular weight is 371 g/mol. The number of halogens is 3. The number of hydrogen-bond acceptors (Lipinski definition) is 5. The maximum atomic E-state index is 13.3. The highest BCUT2D eigenvalue weighted by Gasteiger charge is 2.65. The summed E-state index contributed by atoms with van der Waals surface area (Å²) in [5.41, 5.74) is -3.77. The van der Waals surface area contributed by atoms with Crippen molar-refractivity contribution in [3.8, 4) is 0 Å². The average Bonchev–Trinajstić information content (AvgIpc) is 2.86. The molecule has 2 aliphatic heterocycles. The summed E-state index contributed by atoms with van der Waals surface area (Å²) in [5, 5.41) is 13.2. The molecule has 7 nitrogen and oxygen atoms in total.